The monoisotopic (exact) mass is 341 g/mol. The second-order valence-electron chi connectivity index (χ2n) is 5.67. The molecule has 1 aliphatic carbocycles. The SMILES string of the molecule is Cc1cc(F)c(Br)cc1NC(=O)CCC1CCCCC1. The van der Waals surface area contributed by atoms with Crippen molar-refractivity contribution in [1.29, 1.82) is 0 Å². The van der Waals surface area contributed by atoms with E-state index in [1.807, 2.05) is 0 Å². The Bertz CT molecular complexity index is 484. The first kappa shape index (κ1) is 15.5. The highest BCUT2D eigenvalue weighted by atomic mass is 79.9. The lowest BCUT2D eigenvalue weighted by Gasteiger charge is -2.21. The first-order valence-electron chi connectivity index (χ1n) is 7.32. The summed E-state index contributed by atoms with van der Waals surface area (Å²) in [6.45, 7) is 1.80. The van der Waals surface area contributed by atoms with E-state index in [1.165, 1.54) is 38.2 Å². The number of anilines is 1. The Kier molecular flexibility index (Phi) is 5.58. The molecule has 0 spiro atoms. The lowest BCUT2D eigenvalue weighted by atomic mass is 9.86. The van der Waals surface area contributed by atoms with Gasteiger partial charge in [-0.3, -0.25) is 4.79 Å². The van der Waals surface area contributed by atoms with E-state index in [0.29, 0.717) is 22.5 Å². The van der Waals surface area contributed by atoms with Crippen LogP contribution in [0.15, 0.2) is 16.6 Å². The van der Waals surface area contributed by atoms with Gasteiger partial charge in [0.1, 0.15) is 5.82 Å². The Morgan fingerprint density at radius 2 is 2.05 bits per heavy atom. The number of rotatable bonds is 4. The number of carbonyl (C=O) groups excluding carboxylic acids is 1. The quantitative estimate of drug-likeness (QED) is 0.801. The van der Waals surface area contributed by atoms with Gasteiger partial charge in [-0.05, 0) is 52.9 Å². The highest BCUT2D eigenvalue weighted by Crippen LogP contribution is 2.28. The molecule has 0 radical (unpaired) electrons. The molecule has 1 N–H and O–H groups in total. The van der Waals surface area contributed by atoms with Crippen LogP contribution in [0, 0.1) is 18.7 Å². The summed E-state index contributed by atoms with van der Waals surface area (Å²) in [5.74, 6) is 0.426. The summed E-state index contributed by atoms with van der Waals surface area (Å²) < 4.78 is 13.7. The fraction of sp³-hybridized carbons (Fsp3) is 0.562. The summed E-state index contributed by atoms with van der Waals surface area (Å²) in [7, 11) is 0. The summed E-state index contributed by atoms with van der Waals surface area (Å²) in [5, 5.41) is 2.88. The van der Waals surface area contributed by atoms with E-state index in [-0.39, 0.29) is 11.7 Å². The van der Waals surface area contributed by atoms with Crippen LogP contribution in [0.25, 0.3) is 0 Å². The molecule has 1 saturated carbocycles. The number of amides is 1. The van der Waals surface area contributed by atoms with Crippen LogP contribution >= 0.6 is 15.9 Å². The molecule has 1 aromatic rings. The molecule has 4 heteroatoms. The number of aryl methyl sites for hydroxylation is 1. The van der Waals surface area contributed by atoms with Crippen molar-refractivity contribution in [3.63, 3.8) is 0 Å². The van der Waals surface area contributed by atoms with Gasteiger partial charge in [0.15, 0.2) is 0 Å². The average molecular weight is 342 g/mol. The summed E-state index contributed by atoms with van der Waals surface area (Å²) in [5.41, 5.74) is 1.43. The van der Waals surface area contributed by atoms with Crippen LogP contribution < -0.4 is 5.32 Å². The number of benzene rings is 1. The normalized spacial score (nSPS) is 16.1. The van der Waals surface area contributed by atoms with Gasteiger partial charge in [0.25, 0.3) is 0 Å². The van der Waals surface area contributed by atoms with Crippen LogP contribution in [0.2, 0.25) is 0 Å². The van der Waals surface area contributed by atoms with Crippen molar-refractivity contribution in [2.45, 2.75) is 51.9 Å². The molecule has 0 aromatic heterocycles. The van der Waals surface area contributed by atoms with E-state index in [0.717, 1.165) is 12.0 Å². The third kappa shape index (κ3) is 4.30. The fourth-order valence-corrected chi connectivity index (χ4v) is 3.15. The van der Waals surface area contributed by atoms with Gasteiger partial charge in [0.2, 0.25) is 5.91 Å². The van der Waals surface area contributed by atoms with E-state index in [4.69, 9.17) is 0 Å². The number of nitrogens with one attached hydrogen (secondary N) is 1. The number of hydrogen-bond acceptors (Lipinski definition) is 1. The zero-order valence-electron chi connectivity index (χ0n) is 11.8. The van der Waals surface area contributed by atoms with Crippen molar-refractivity contribution in [3.05, 3.63) is 28.0 Å². The van der Waals surface area contributed by atoms with Crippen molar-refractivity contribution in [3.8, 4) is 0 Å². The van der Waals surface area contributed by atoms with Crippen LogP contribution in [-0.4, -0.2) is 5.91 Å². The molecular weight excluding hydrogens is 321 g/mol. The first-order chi connectivity index (χ1) is 9.56. The molecule has 0 unspecified atom stereocenters. The van der Waals surface area contributed by atoms with E-state index < -0.39 is 0 Å². The predicted molar refractivity (Wildman–Crippen MR) is 83.3 cm³/mol. The molecule has 0 bridgehead atoms. The largest absolute Gasteiger partial charge is 0.326 e. The van der Waals surface area contributed by atoms with E-state index >= 15 is 0 Å². The Labute approximate surface area is 128 Å². The van der Waals surface area contributed by atoms with E-state index in [9.17, 15) is 9.18 Å². The molecule has 2 rings (SSSR count). The molecule has 1 fully saturated rings. The maximum Gasteiger partial charge on any atom is 0.224 e. The van der Waals surface area contributed by atoms with Crippen molar-refractivity contribution in [2.24, 2.45) is 5.92 Å². The Morgan fingerprint density at radius 3 is 2.75 bits per heavy atom. The first-order valence-corrected chi connectivity index (χ1v) is 8.11. The molecule has 2 nitrogen and oxygen atoms in total. The van der Waals surface area contributed by atoms with Gasteiger partial charge < -0.3 is 5.32 Å². The van der Waals surface area contributed by atoms with Crippen molar-refractivity contribution in [2.75, 3.05) is 5.32 Å². The third-order valence-electron chi connectivity index (χ3n) is 4.05. The predicted octanol–water partition coefficient (Wildman–Crippen LogP) is 5.20. The minimum absolute atomic E-state index is 0.0252. The smallest absolute Gasteiger partial charge is 0.224 e. The van der Waals surface area contributed by atoms with Gasteiger partial charge in [-0.1, -0.05) is 32.1 Å². The standard InChI is InChI=1S/C16H21BrFNO/c1-11-9-14(18)13(17)10-15(11)19-16(20)8-7-12-5-3-2-4-6-12/h9-10,12H,2-8H2,1H3,(H,19,20). The molecule has 1 aliphatic rings. The molecule has 20 heavy (non-hydrogen) atoms. The number of halogens is 2. The summed E-state index contributed by atoms with van der Waals surface area (Å²) in [6, 6.07) is 3.06. The molecule has 1 amide bonds. The molecule has 0 saturated heterocycles. The average Bonchev–Trinajstić information content (AvgIpc) is 2.44. The maximum absolute atomic E-state index is 13.3. The summed E-state index contributed by atoms with van der Waals surface area (Å²) in [4.78, 5) is 12.0. The Balaban J connectivity index is 1.86. The van der Waals surface area contributed by atoms with Gasteiger partial charge in [-0.2, -0.15) is 0 Å². The van der Waals surface area contributed by atoms with Gasteiger partial charge >= 0.3 is 0 Å². The number of hydrogen-bond donors (Lipinski definition) is 1. The van der Waals surface area contributed by atoms with Crippen LogP contribution in [0.3, 0.4) is 0 Å². The van der Waals surface area contributed by atoms with Crippen LogP contribution in [-0.2, 0) is 4.79 Å². The summed E-state index contributed by atoms with van der Waals surface area (Å²) >= 11 is 3.15. The van der Waals surface area contributed by atoms with Crippen molar-refractivity contribution in [1.82, 2.24) is 0 Å². The molecular formula is C16H21BrFNO. The van der Waals surface area contributed by atoms with Crippen LogP contribution in [0.4, 0.5) is 10.1 Å². The summed E-state index contributed by atoms with van der Waals surface area (Å²) in [6.07, 6.45) is 7.98. The van der Waals surface area contributed by atoms with E-state index in [1.54, 1.807) is 13.0 Å². The van der Waals surface area contributed by atoms with Crippen LogP contribution in [0.1, 0.15) is 50.5 Å². The van der Waals surface area contributed by atoms with Crippen molar-refractivity contribution >= 4 is 27.5 Å². The zero-order valence-corrected chi connectivity index (χ0v) is 13.4. The van der Waals surface area contributed by atoms with E-state index in [2.05, 4.69) is 21.2 Å². The minimum Gasteiger partial charge on any atom is -0.326 e. The van der Waals surface area contributed by atoms with Crippen LogP contribution in [0.5, 0.6) is 0 Å². The lowest BCUT2D eigenvalue weighted by molar-refractivity contribution is -0.116. The van der Waals surface area contributed by atoms with Gasteiger partial charge in [0.05, 0.1) is 4.47 Å². The van der Waals surface area contributed by atoms with Gasteiger partial charge in [-0.15, -0.1) is 0 Å². The fourth-order valence-electron chi connectivity index (χ4n) is 2.80. The molecule has 110 valence electrons. The topological polar surface area (TPSA) is 29.1 Å². The number of carbonyl (C=O) groups is 1. The molecule has 0 aliphatic heterocycles. The van der Waals surface area contributed by atoms with Gasteiger partial charge in [0, 0.05) is 12.1 Å². The van der Waals surface area contributed by atoms with Crippen molar-refractivity contribution < 1.29 is 9.18 Å². The highest BCUT2D eigenvalue weighted by Gasteiger charge is 2.15. The molecule has 0 heterocycles. The molecule has 1 aromatic carbocycles. The zero-order chi connectivity index (χ0) is 14.5. The maximum atomic E-state index is 13.3. The molecule has 0 atom stereocenters. The second-order valence-corrected chi connectivity index (χ2v) is 6.53. The van der Waals surface area contributed by atoms with Gasteiger partial charge in [-0.25, -0.2) is 4.39 Å². The third-order valence-corrected chi connectivity index (χ3v) is 4.65. The lowest BCUT2D eigenvalue weighted by Crippen LogP contribution is -2.15. The Morgan fingerprint density at radius 1 is 1.35 bits per heavy atom. The second kappa shape index (κ2) is 7.21. The highest BCUT2D eigenvalue weighted by molar-refractivity contribution is 9.10. The minimum atomic E-state index is -0.303. The Hall–Kier alpha value is -0.900.